The molecule has 0 bridgehead atoms. The molecule has 2 atom stereocenters. The number of Topliss-reactive ketones (excluding diaryl/α,β-unsaturated/α-hetero) is 4. The van der Waals surface area contributed by atoms with E-state index in [9.17, 15) is 59.4 Å². The number of carbonyl (C=O) groups is 6. The number of unbranched alkanes of at least 4 members (excludes halogenated alkanes) is 41. The predicted octanol–water partition coefficient (Wildman–Crippen LogP) is 15.9. The molecule has 0 aliphatic carbocycles. The summed E-state index contributed by atoms with van der Waals surface area (Å²) in [6.45, 7) is 7.31. The first-order chi connectivity index (χ1) is 39.5. The van der Waals surface area contributed by atoms with Crippen molar-refractivity contribution < 1.29 is 69.6 Å². The van der Waals surface area contributed by atoms with Gasteiger partial charge in [-0.15, -0.1) is 0 Å². The monoisotopic (exact) mass is 1170 g/mol. The Labute approximate surface area is 501 Å². The average Bonchev–Trinajstić information content (AvgIpc) is 3.47. The lowest BCUT2D eigenvalue weighted by atomic mass is 9.82. The Morgan fingerprint density at radius 1 is 0.256 bits per heavy atom. The van der Waals surface area contributed by atoms with Crippen molar-refractivity contribution in [2.45, 2.75) is 385 Å². The van der Waals surface area contributed by atoms with Crippen LogP contribution in [0.5, 0.6) is 0 Å². The maximum absolute atomic E-state index is 12.7. The highest BCUT2D eigenvalue weighted by Gasteiger charge is 2.49. The maximum atomic E-state index is 12.7. The molecule has 0 saturated carbocycles. The summed E-state index contributed by atoms with van der Waals surface area (Å²) in [5, 5.41) is 76.9. The molecule has 0 radical (unpaired) electrons. The second-order valence-electron chi connectivity index (χ2n) is 23.8. The number of aliphatic carboxylic acids is 2. The van der Waals surface area contributed by atoms with Gasteiger partial charge in [0.1, 0.15) is 12.2 Å². The number of hydrogen-bond donors (Lipinski definition) is 8. The first kappa shape index (κ1) is 83.6. The zero-order chi connectivity index (χ0) is 61.8. The Bertz CT molecular complexity index is 1300. The van der Waals surface area contributed by atoms with Crippen molar-refractivity contribution in [2.24, 2.45) is 0 Å². The number of carboxylic acids is 2. The minimum absolute atomic E-state index is 0.0628. The summed E-state index contributed by atoms with van der Waals surface area (Å²) in [6.07, 6.45) is 48.5. The Morgan fingerprint density at radius 3 is 0.524 bits per heavy atom. The van der Waals surface area contributed by atoms with Gasteiger partial charge in [0.05, 0.1) is 13.2 Å². The van der Waals surface area contributed by atoms with Crippen LogP contribution in [0.3, 0.4) is 0 Å². The molecule has 0 aliphatic heterocycles. The van der Waals surface area contributed by atoms with Gasteiger partial charge in [-0.3, -0.25) is 28.8 Å². The topological polar surface area (TPSA) is 264 Å². The largest absolute Gasteiger partial charge is 0.481 e. The molecular weight excluding hydrogens is 1040 g/mol. The van der Waals surface area contributed by atoms with E-state index >= 15 is 0 Å². The van der Waals surface area contributed by atoms with Gasteiger partial charge in [-0.2, -0.15) is 0 Å². The molecule has 0 aromatic carbocycles. The smallest absolute Gasteiger partial charge is 0.303 e. The second-order valence-corrected chi connectivity index (χ2v) is 23.8. The molecular formula is C68H130O14. The van der Waals surface area contributed by atoms with Gasteiger partial charge in [-0.1, -0.05) is 285 Å². The predicted molar refractivity (Wildman–Crippen MR) is 334 cm³/mol. The van der Waals surface area contributed by atoms with Gasteiger partial charge in [-0.05, 0) is 38.5 Å². The molecule has 0 fully saturated rings. The molecule has 486 valence electrons. The van der Waals surface area contributed by atoms with E-state index in [1.807, 2.05) is 0 Å². The number of carbonyl (C=O) groups excluding carboxylic acids is 4. The zero-order valence-electron chi connectivity index (χ0n) is 53.4. The summed E-state index contributed by atoms with van der Waals surface area (Å²) in [7, 11) is 0. The summed E-state index contributed by atoms with van der Waals surface area (Å²) in [5.74, 6) is -4.32. The Kier molecular flexibility index (Phi) is 62.7. The molecule has 8 N–H and O–H groups in total. The first-order valence-corrected chi connectivity index (χ1v) is 34.1. The van der Waals surface area contributed by atoms with Crippen LogP contribution in [-0.2, 0) is 28.8 Å². The van der Waals surface area contributed by atoms with E-state index in [0.717, 1.165) is 77.0 Å². The third-order valence-electron chi connectivity index (χ3n) is 16.1. The fraction of sp³-hybridized carbons (Fsp3) is 0.912. The molecule has 0 aromatic rings. The number of aliphatic hydroxyl groups is 6. The Hall–Kier alpha value is -2.62. The van der Waals surface area contributed by atoms with Gasteiger partial charge in [0.25, 0.3) is 0 Å². The van der Waals surface area contributed by atoms with Crippen molar-refractivity contribution in [2.75, 3.05) is 13.2 Å². The van der Waals surface area contributed by atoms with Crippen LogP contribution in [0.25, 0.3) is 0 Å². The molecule has 0 rings (SSSR count). The van der Waals surface area contributed by atoms with Crippen molar-refractivity contribution in [3.63, 3.8) is 0 Å². The highest BCUT2D eigenvalue weighted by molar-refractivity contribution is 6.11. The number of hydrogen-bond acceptors (Lipinski definition) is 12. The van der Waals surface area contributed by atoms with Crippen molar-refractivity contribution in [1.82, 2.24) is 0 Å². The maximum Gasteiger partial charge on any atom is 0.303 e. The van der Waals surface area contributed by atoms with Gasteiger partial charge in [0, 0.05) is 38.5 Å². The van der Waals surface area contributed by atoms with Crippen LogP contribution < -0.4 is 0 Å². The van der Waals surface area contributed by atoms with Crippen LogP contribution in [0.15, 0.2) is 0 Å². The van der Waals surface area contributed by atoms with E-state index < -0.39 is 71.7 Å². The van der Waals surface area contributed by atoms with Crippen LogP contribution in [0.4, 0.5) is 0 Å². The Morgan fingerprint density at radius 2 is 0.390 bits per heavy atom. The van der Waals surface area contributed by atoms with Crippen LogP contribution >= 0.6 is 0 Å². The van der Waals surface area contributed by atoms with Crippen LogP contribution in [0.2, 0.25) is 0 Å². The van der Waals surface area contributed by atoms with E-state index in [-0.39, 0.29) is 38.5 Å². The van der Waals surface area contributed by atoms with Crippen LogP contribution in [-0.4, -0.2) is 113 Å². The van der Waals surface area contributed by atoms with E-state index in [1.54, 1.807) is 0 Å². The fourth-order valence-corrected chi connectivity index (χ4v) is 10.4. The number of aliphatic hydroxyl groups excluding tert-OH is 4. The first-order valence-electron chi connectivity index (χ1n) is 34.1. The van der Waals surface area contributed by atoms with Gasteiger partial charge in [-0.25, -0.2) is 0 Å². The molecule has 0 spiro atoms. The van der Waals surface area contributed by atoms with E-state index in [2.05, 4.69) is 27.7 Å². The van der Waals surface area contributed by atoms with Crippen LogP contribution in [0, 0.1) is 0 Å². The van der Waals surface area contributed by atoms with Crippen molar-refractivity contribution in [1.29, 1.82) is 0 Å². The molecule has 0 heterocycles. The lowest BCUT2D eigenvalue weighted by Gasteiger charge is -2.29. The molecule has 2 unspecified atom stereocenters. The van der Waals surface area contributed by atoms with Gasteiger partial charge < -0.3 is 40.9 Å². The number of ketones is 4. The standard InChI is InChI=1S/2C31H60O5.C6H10O4/c2*1-3-5-7-9-11-13-15-17-19-21-23-25-28(33)31(36,30(35)27-32)29(34)26-24-22-20-18-16-14-12-10-8-6-4-2;7-5(8)3-1-2-4-6(9)10/h2*30,32,35-36H,3-27H2,1-2H3;1-4H2,(H,7,8)(H,9,10). The highest BCUT2D eigenvalue weighted by atomic mass is 16.4. The summed E-state index contributed by atoms with van der Waals surface area (Å²) in [6, 6.07) is 0. The van der Waals surface area contributed by atoms with Gasteiger partial charge in [0.15, 0.2) is 23.1 Å². The lowest BCUT2D eigenvalue weighted by Crippen LogP contribution is -2.57. The summed E-state index contributed by atoms with van der Waals surface area (Å²) in [4.78, 5) is 70.7. The van der Waals surface area contributed by atoms with Gasteiger partial charge in [0.2, 0.25) is 11.2 Å². The molecule has 14 nitrogen and oxygen atoms in total. The zero-order valence-corrected chi connectivity index (χ0v) is 53.4. The van der Waals surface area contributed by atoms with E-state index in [1.165, 1.54) is 180 Å². The number of carboxylic acid groups (broad SMARTS) is 2. The van der Waals surface area contributed by atoms with Crippen LogP contribution in [0.1, 0.15) is 362 Å². The highest BCUT2D eigenvalue weighted by Crippen LogP contribution is 2.25. The molecule has 14 heteroatoms. The van der Waals surface area contributed by atoms with Gasteiger partial charge >= 0.3 is 11.9 Å². The Balaban J connectivity index is -0.00000130. The second kappa shape index (κ2) is 61.5. The SMILES string of the molecule is CCCCCCCCCCCCCC(=O)C(O)(C(=O)CCCCCCCCCCCCC)C(O)CO.CCCCCCCCCCCCCC(=O)C(O)(C(=O)CCCCCCCCCCCCC)C(O)CO.O=C(O)CCCCC(=O)O. The molecule has 0 aromatic heterocycles. The quantitative estimate of drug-likeness (QED) is 0.0208. The van der Waals surface area contributed by atoms with Crippen molar-refractivity contribution in [3.8, 4) is 0 Å². The molecule has 82 heavy (non-hydrogen) atoms. The minimum atomic E-state index is -2.47. The lowest BCUT2D eigenvalue weighted by molar-refractivity contribution is -0.167. The van der Waals surface area contributed by atoms with E-state index in [4.69, 9.17) is 10.2 Å². The molecule has 0 amide bonds. The van der Waals surface area contributed by atoms with Crippen molar-refractivity contribution >= 4 is 35.1 Å². The molecule has 0 aliphatic rings. The summed E-state index contributed by atoms with van der Waals surface area (Å²) < 4.78 is 0. The normalized spacial score (nSPS) is 12.3. The fourth-order valence-electron chi connectivity index (χ4n) is 10.4. The number of rotatable bonds is 61. The molecule has 0 saturated heterocycles. The average molecular weight is 1170 g/mol. The minimum Gasteiger partial charge on any atom is -0.481 e. The summed E-state index contributed by atoms with van der Waals surface area (Å²) >= 11 is 0. The van der Waals surface area contributed by atoms with E-state index in [0.29, 0.717) is 38.5 Å². The summed E-state index contributed by atoms with van der Waals surface area (Å²) in [5.41, 5.74) is -4.93. The van der Waals surface area contributed by atoms with Crippen molar-refractivity contribution in [3.05, 3.63) is 0 Å². The third-order valence-corrected chi connectivity index (χ3v) is 16.1. The third kappa shape index (κ3) is 48.6.